The minimum absolute atomic E-state index is 0.0195. The fourth-order valence-electron chi connectivity index (χ4n) is 3.66. The average Bonchev–Trinajstić information content (AvgIpc) is 2.85. The molecule has 1 saturated heterocycles. The van der Waals surface area contributed by atoms with Crippen molar-refractivity contribution >= 4 is 33.9 Å². The molecule has 1 aliphatic heterocycles. The summed E-state index contributed by atoms with van der Waals surface area (Å²) in [6, 6.07) is 10.2. The third-order valence-corrected chi connectivity index (χ3v) is 5.85. The number of pyridine rings is 1. The molecular weight excluding hydrogens is 461 g/mol. The highest BCUT2D eigenvalue weighted by Crippen LogP contribution is 2.38. The fourth-order valence-corrected chi connectivity index (χ4v) is 3.84. The number of likely N-dealkylation sites (N-methyl/N-ethyl adjacent to an activating group) is 1. The molecule has 0 atom stereocenters. The van der Waals surface area contributed by atoms with Gasteiger partial charge in [0.1, 0.15) is 19.3 Å². The Morgan fingerprint density at radius 2 is 1.97 bits per heavy atom. The van der Waals surface area contributed by atoms with Gasteiger partial charge in [0.05, 0.1) is 34.6 Å². The van der Waals surface area contributed by atoms with E-state index in [1.165, 1.54) is 19.4 Å². The van der Waals surface area contributed by atoms with Crippen molar-refractivity contribution in [3.05, 3.63) is 52.9 Å². The molecule has 0 unspecified atom stereocenters. The van der Waals surface area contributed by atoms with E-state index >= 15 is 0 Å². The van der Waals surface area contributed by atoms with Crippen molar-refractivity contribution in [2.45, 2.75) is 0 Å². The van der Waals surface area contributed by atoms with Gasteiger partial charge in [0.15, 0.2) is 17.3 Å². The molecule has 0 radical (unpaired) electrons. The van der Waals surface area contributed by atoms with Crippen LogP contribution in [-0.4, -0.2) is 68.5 Å². The minimum atomic E-state index is -0.606. The summed E-state index contributed by atoms with van der Waals surface area (Å²) in [5.41, 5.74) is 1.36. The maximum Gasteiger partial charge on any atom is 0.165 e. The highest BCUT2D eigenvalue weighted by Gasteiger charge is 2.17. The third-order valence-electron chi connectivity index (χ3n) is 5.56. The largest absolute Gasteiger partial charge is 0.493 e. The maximum absolute atomic E-state index is 14.5. The van der Waals surface area contributed by atoms with E-state index < -0.39 is 5.82 Å². The summed E-state index contributed by atoms with van der Waals surface area (Å²) in [6.45, 7) is 4.35. The highest BCUT2D eigenvalue weighted by atomic mass is 35.5. The van der Waals surface area contributed by atoms with Crippen LogP contribution in [0.15, 0.2) is 36.5 Å². The molecule has 0 saturated carbocycles. The van der Waals surface area contributed by atoms with Gasteiger partial charge in [0, 0.05) is 43.8 Å². The van der Waals surface area contributed by atoms with Crippen molar-refractivity contribution in [2.24, 2.45) is 0 Å². The van der Waals surface area contributed by atoms with Gasteiger partial charge in [-0.1, -0.05) is 17.7 Å². The summed E-state index contributed by atoms with van der Waals surface area (Å²) in [6.07, 6.45) is 1.43. The number of nitriles is 1. The lowest BCUT2D eigenvalue weighted by molar-refractivity contribution is -0.179. The number of piperazine rings is 1. The second kappa shape index (κ2) is 10.8. The van der Waals surface area contributed by atoms with Crippen molar-refractivity contribution in [3.8, 4) is 17.6 Å². The number of fused-ring (bicyclic) bond motifs is 1. The summed E-state index contributed by atoms with van der Waals surface area (Å²) < 4.78 is 25.9. The Labute approximate surface area is 202 Å². The van der Waals surface area contributed by atoms with E-state index in [-0.39, 0.29) is 16.3 Å². The lowest BCUT2D eigenvalue weighted by Crippen LogP contribution is -2.44. The second-order valence-electron chi connectivity index (χ2n) is 7.82. The minimum Gasteiger partial charge on any atom is -0.493 e. The summed E-state index contributed by atoms with van der Waals surface area (Å²) in [4.78, 5) is 12.4. The molecule has 2 aromatic carbocycles. The van der Waals surface area contributed by atoms with Crippen LogP contribution in [0.3, 0.4) is 0 Å². The first-order valence-electron chi connectivity index (χ1n) is 10.8. The Bertz CT molecular complexity index is 1210. The van der Waals surface area contributed by atoms with Crippen molar-refractivity contribution < 1.29 is 18.7 Å². The van der Waals surface area contributed by atoms with Crippen LogP contribution < -0.4 is 14.8 Å². The monoisotopic (exact) mass is 485 g/mol. The number of halogens is 2. The molecule has 4 rings (SSSR count). The molecule has 1 N–H and O–H groups in total. The average molecular weight is 486 g/mol. The molecule has 0 amide bonds. The van der Waals surface area contributed by atoms with Crippen LogP contribution in [0.2, 0.25) is 5.02 Å². The zero-order chi connectivity index (χ0) is 24.1. The predicted octanol–water partition coefficient (Wildman–Crippen LogP) is 4.21. The summed E-state index contributed by atoms with van der Waals surface area (Å²) >= 11 is 5.91. The van der Waals surface area contributed by atoms with E-state index in [4.69, 9.17) is 25.9 Å². The van der Waals surface area contributed by atoms with E-state index in [0.717, 1.165) is 26.2 Å². The van der Waals surface area contributed by atoms with Gasteiger partial charge in [-0.3, -0.25) is 9.82 Å². The Kier molecular flexibility index (Phi) is 7.65. The van der Waals surface area contributed by atoms with Crippen LogP contribution in [0.5, 0.6) is 11.5 Å². The number of hydrogen-bond donors (Lipinski definition) is 1. The summed E-state index contributed by atoms with van der Waals surface area (Å²) in [5.74, 6) is 0.345. The first kappa shape index (κ1) is 24.0. The van der Waals surface area contributed by atoms with E-state index in [2.05, 4.69) is 28.3 Å². The third kappa shape index (κ3) is 5.32. The SMILES string of the molecule is COc1cc2c(Nc3cccc(Cl)c3F)c(C#N)cnc2cc1OCCON1CCN(C)CC1. The van der Waals surface area contributed by atoms with Crippen LogP contribution >= 0.6 is 11.6 Å². The van der Waals surface area contributed by atoms with E-state index in [0.29, 0.717) is 41.3 Å². The highest BCUT2D eigenvalue weighted by molar-refractivity contribution is 6.31. The first-order chi connectivity index (χ1) is 16.5. The zero-order valence-corrected chi connectivity index (χ0v) is 19.7. The molecule has 8 nitrogen and oxygen atoms in total. The fraction of sp³-hybridized carbons (Fsp3) is 0.333. The molecule has 1 aromatic heterocycles. The van der Waals surface area contributed by atoms with Crippen LogP contribution in [0.4, 0.5) is 15.8 Å². The van der Waals surface area contributed by atoms with Gasteiger partial charge < -0.3 is 19.7 Å². The van der Waals surface area contributed by atoms with E-state index in [1.54, 1.807) is 24.3 Å². The molecule has 1 fully saturated rings. The molecular formula is C24H25ClFN5O3. The number of benzene rings is 2. The van der Waals surface area contributed by atoms with Crippen molar-refractivity contribution in [1.82, 2.24) is 14.9 Å². The van der Waals surface area contributed by atoms with Crippen LogP contribution in [0.1, 0.15) is 5.56 Å². The lowest BCUT2D eigenvalue weighted by Gasteiger charge is -2.31. The zero-order valence-electron chi connectivity index (χ0n) is 19.0. The molecule has 10 heteroatoms. The number of rotatable bonds is 8. The van der Waals surface area contributed by atoms with Gasteiger partial charge >= 0.3 is 0 Å². The predicted molar refractivity (Wildman–Crippen MR) is 128 cm³/mol. The molecule has 0 spiro atoms. The molecule has 0 aliphatic carbocycles. The first-order valence-corrected chi connectivity index (χ1v) is 11.2. The standard InChI is InChI=1S/C24H25ClFN5O3/c1-30-6-8-31(9-7-30)34-11-10-33-22-13-20-17(12-21(22)32-2)24(16(14-27)15-28-20)29-19-5-3-4-18(25)23(19)26/h3-5,12-13,15H,6-11H2,1-2H3,(H,28,29). The number of hydroxylamine groups is 2. The van der Waals surface area contributed by atoms with Crippen molar-refractivity contribution in [3.63, 3.8) is 0 Å². The van der Waals surface area contributed by atoms with Crippen LogP contribution in [-0.2, 0) is 4.84 Å². The van der Waals surface area contributed by atoms with Crippen LogP contribution in [0, 0.1) is 17.1 Å². The topological polar surface area (TPSA) is 82.9 Å². The Morgan fingerprint density at radius 1 is 1.18 bits per heavy atom. The van der Waals surface area contributed by atoms with Crippen LogP contribution in [0.25, 0.3) is 10.9 Å². The Balaban J connectivity index is 1.55. The van der Waals surface area contributed by atoms with Gasteiger partial charge in [-0.05, 0) is 25.2 Å². The number of hydrogen-bond acceptors (Lipinski definition) is 8. The summed E-state index contributed by atoms with van der Waals surface area (Å²) in [7, 11) is 3.62. The van der Waals surface area contributed by atoms with Crippen molar-refractivity contribution in [2.75, 3.05) is 58.9 Å². The number of methoxy groups -OCH3 is 1. The molecule has 2 heterocycles. The van der Waals surface area contributed by atoms with Gasteiger partial charge in [-0.2, -0.15) is 10.3 Å². The lowest BCUT2D eigenvalue weighted by atomic mass is 10.1. The van der Waals surface area contributed by atoms with Gasteiger partial charge in [-0.15, -0.1) is 0 Å². The van der Waals surface area contributed by atoms with Gasteiger partial charge in [0.2, 0.25) is 0 Å². The van der Waals surface area contributed by atoms with E-state index in [9.17, 15) is 9.65 Å². The van der Waals surface area contributed by atoms with E-state index in [1.807, 2.05) is 5.06 Å². The molecule has 1 aliphatic rings. The smallest absolute Gasteiger partial charge is 0.165 e. The number of nitrogens with zero attached hydrogens (tertiary/aromatic N) is 4. The van der Waals surface area contributed by atoms with Gasteiger partial charge in [-0.25, -0.2) is 4.39 Å². The number of anilines is 2. The Hall–Kier alpha value is -3.16. The van der Waals surface area contributed by atoms with Gasteiger partial charge in [0.25, 0.3) is 0 Å². The maximum atomic E-state index is 14.5. The number of nitrogens with one attached hydrogen (secondary N) is 1. The molecule has 34 heavy (non-hydrogen) atoms. The normalized spacial score (nSPS) is 14.7. The molecule has 0 bridgehead atoms. The summed E-state index contributed by atoms with van der Waals surface area (Å²) in [5, 5.41) is 15.1. The molecule has 3 aromatic rings. The second-order valence-corrected chi connectivity index (χ2v) is 8.23. The Morgan fingerprint density at radius 3 is 2.71 bits per heavy atom. The number of aromatic nitrogens is 1. The van der Waals surface area contributed by atoms with Crippen molar-refractivity contribution in [1.29, 1.82) is 5.26 Å². The number of ether oxygens (including phenoxy) is 2. The molecule has 178 valence electrons. The quantitative estimate of drug-likeness (QED) is 0.475.